The number of rotatable bonds is 0. The van der Waals surface area contributed by atoms with Crippen LogP contribution in [0.1, 0.15) is 11.1 Å². The Balaban J connectivity index is 0.000000284. The first-order valence-corrected chi connectivity index (χ1v) is 4.82. The molecule has 0 nitrogen and oxygen atoms in total. The van der Waals surface area contributed by atoms with Crippen LogP contribution in [0.5, 0.6) is 0 Å². The van der Waals surface area contributed by atoms with Gasteiger partial charge in [-0.2, -0.15) is 0 Å². The van der Waals surface area contributed by atoms with Crippen LogP contribution in [-0.4, -0.2) is 0 Å². The van der Waals surface area contributed by atoms with Gasteiger partial charge in [-0.1, -0.05) is 36.4 Å². The van der Waals surface area contributed by atoms with Gasteiger partial charge in [-0.25, -0.2) is 0 Å². The molecule has 0 aromatic heterocycles. The van der Waals surface area contributed by atoms with E-state index in [0.29, 0.717) is 0 Å². The Bertz CT molecular complexity index is 437. The zero-order valence-corrected chi connectivity index (χ0v) is 10.0. The molecule has 0 N–H and O–H groups in total. The van der Waals surface area contributed by atoms with Crippen LogP contribution >= 0.6 is 0 Å². The van der Waals surface area contributed by atoms with Gasteiger partial charge in [0.1, 0.15) is 0 Å². The summed E-state index contributed by atoms with van der Waals surface area (Å²) in [5.74, 6) is 4.55. The van der Waals surface area contributed by atoms with Crippen LogP contribution < -0.4 is 0 Å². The summed E-state index contributed by atoms with van der Waals surface area (Å²) in [5.41, 5.74) is 1.65. The molecular weight excluding hydrogens is 256 g/mol. The Morgan fingerprint density at radius 2 is 0.882 bits per heavy atom. The van der Waals surface area contributed by atoms with Gasteiger partial charge in [0, 0.05) is 0 Å². The predicted molar refractivity (Wildman–Crippen MR) is 65.4 cm³/mol. The fraction of sp³-hybridized carbons (Fsp3) is 0. The summed E-state index contributed by atoms with van der Waals surface area (Å²) >= 11 is 0. The monoisotopic (exact) mass is 265 g/mol. The van der Waals surface area contributed by atoms with Crippen molar-refractivity contribution in [2.45, 2.75) is 0 Å². The summed E-state index contributed by atoms with van der Waals surface area (Å²) in [6, 6.07) is 18.7. The molecule has 0 unspecified atom stereocenters. The Kier molecular flexibility index (Phi) is 8.26. The van der Waals surface area contributed by atoms with E-state index in [0.717, 1.165) is 11.1 Å². The van der Waals surface area contributed by atoms with Crippen molar-refractivity contribution in [1.29, 1.82) is 0 Å². The molecule has 2 aromatic rings. The Morgan fingerprint density at radius 1 is 0.588 bits per heavy atom. The predicted octanol–water partition coefficient (Wildman–Crippen LogP) is 3.25. The van der Waals surface area contributed by atoms with Crippen molar-refractivity contribution < 1.29 is 17.1 Å². The number of hydrogen-bond acceptors (Lipinski definition) is 0. The zero-order valence-electron chi connectivity index (χ0n) is 9.08. The van der Waals surface area contributed by atoms with Crippen molar-refractivity contribution in [3.8, 4) is 11.8 Å². The topological polar surface area (TPSA) is 0 Å². The van der Waals surface area contributed by atoms with E-state index in [1.54, 1.807) is 0 Å². The van der Waals surface area contributed by atoms with Crippen molar-refractivity contribution in [3.05, 3.63) is 84.6 Å². The molecule has 0 heterocycles. The second-order valence-electron chi connectivity index (χ2n) is 2.98. The van der Waals surface area contributed by atoms with Crippen LogP contribution in [-0.2, 0) is 17.1 Å². The van der Waals surface area contributed by atoms with Gasteiger partial charge >= 0.3 is 17.1 Å². The second-order valence-corrected chi connectivity index (χ2v) is 2.98. The molecule has 0 saturated heterocycles. The third kappa shape index (κ3) is 6.29. The summed E-state index contributed by atoms with van der Waals surface area (Å²) in [5, 5.41) is 0. The van der Waals surface area contributed by atoms with E-state index >= 15 is 0 Å². The summed E-state index contributed by atoms with van der Waals surface area (Å²) in [4.78, 5) is 0. The fourth-order valence-electron chi connectivity index (χ4n) is 1.04. The van der Waals surface area contributed by atoms with Gasteiger partial charge in [0.15, 0.2) is 0 Å². The number of benzene rings is 2. The van der Waals surface area contributed by atoms with E-state index in [4.69, 9.17) is 12.8 Å². The van der Waals surface area contributed by atoms with Crippen LogP contribution in [0, 0.1) is 24.7 Å². The maximum absolute atomic E-state index is 6.69. The third-order valence-electron chi connectivity index (χ3n) is 1.84. The van der Waals surface area contributed by atoms with E-state index in [-0.39, 0.29) is 17.1 Å². The Hall–Kier alpha value is -1.92. The molecule has 1 radical (unpaired) electrons. The van der Waals surface area contributed by atoms with Crippen LogP contribution in [0.3, 0.4) is 0 Å². The molecule has 85 valence electrons. The summed E-state index contributed by atoms with van der Waals surface area (Å²) in [6.07, 6.45) is 13.4. The summed E-state index contributed by atoms with van der Waals surface area (Å²) in [7, 11) is 0. The molecule has 0 aliphatic heterocycles. The largest absolute Gasteiger partial charge is 2.00 e. The van der Waals surface area contributed by atoms with Gasteiger partial charge in [0.05, 0.1) is 0 Å². The van der Waals surface area contributed by atoms with Crippen molar-refractivity contribution in [2.24, 2.45) is 0 Å². The minimum atomic E-state index is 0. The van der Waals surface area contributed by atoms with E-state index < -0.39 is 0 Å². The van der Waals surface area contributed by atoms with Crippen LogP contribution in [0.2, 0.25) is 0 Å². The van der Waals surface area contributed by atoms with Crippen LogP contribution in [0.4, 0.5) is 0 Å². The third-order valence-corrected chi connectivity index (χ3v) is 1.84. The maximum atomic E-state index is 6.69. The maximum Gasteiger partial charge on any atom is 2.00 e. The van der Waals surface area contributed by atoms with E-state index in [2.05, 4.69) is 11.8 Å². The van der Waals surface area contributed by atoms with Crippen molar-refractivity contribution in [1.82, 2.24) is 0 Å². The summed E-state index contributed by atoms with van der Waals surface area (Å²) in [6.45, 7) is 0. The van der Waals surface area contributed by atoms with E-state index in [1.807, 2.05) is 60.7 Å². The van der Waals surface area contributed by atoms with Crippen molar-refractivity contribution >= 4 is 0 Å². The Labute approximate surface area is 114 Å². The molecule has 2 aromatic carbocycles. The zero-order chi connectivity index (χ0) is 11.6. The van der Waals surface area contributed by atoms with Crippen LogP contribution in [0.25, 0.3) is 0 Å². The average molecular weight is 266 g/mol. The normalized spacial score (nSPS) is 7.41. The van der Waals surface area contributed by atoms with Gasteiger partial charge in [0.25, 0.3) is 0 Å². The molecule has 17 heavy (non-hydrogen) atoms. The molecular formula is C16H10Cu. The van der Waals surface area contributed by atoms with Crippen molar-refractivity contribution in [3.63, 3.8) is 0 Å². The average Bonchev–Trinajstić information content (AvgIpc) is 2.41. The smallest absolute Gasteiger partial charge is 0.366 e. The van der Waals surface area contributed by atoms with Crippen molar-refractivity contribution in [2.75, 3.05) is 0 Å². The van der Waals surface area contributed by atoms with Gasteiger partial charge in [0.2, 0.25) is 0 Å². The van der Waals surface area contributed by atoms with Crippen LogP contribution in [0.15, 0.2) is 60.7 Å². The molecule has 0 atom stereocenters. The van der Waals surface area contributed by atoms with Gasteiger partial charge in [-0.3, -0.25) is 11.8 Å². The molecule has 0 spiro atoms. The molecule has 0 amide bonds. The second kappa shape index (κ2) is 9.32. The van der Waals surface area contributed by atoms with E-state index in [1.165, 1.54) is 0 Å². The first-order chi connectivity index (χ1) is 7.86. The summed E-state index contributed by atoms with van der Waals surface area (Å²) < 4.78 is 0. The minimum absolute atomic E-state index is 0. The molecule has 0 aliphatic carbocycles. The minimum Gasteiger partial charge on any atom is -0.366 e. The first kappa shape index (κ1) is 15.1. The SMILES string of the molecule is [C-]#Cc1ccccc1.[C-]#Cc1ccccc1.[Cu+2]. The standard InChI is InChI=1S/2C8H5.Cu/c2*1-2-8-6-4-3-5-7-8;/h2*3-7H;/q2*-1;+2. The first-order valence-electron chi connectivity index (χ1n) is 4.82. The van der Waals surface area contributed by atoms with E-state index in [9.17, 15) is 0 Å². The molecule has 0 fully saturated rings. The molecule has 0 saturated carbocycles. The van der Waals surface area contributed by atoms with Gasteiger partial charge < -0.3 is 12.8 Å². The van der Waals surface area contributed by atoms with Gasteiger partial charge in [-0.15, -0.1) is 35.4 Å². The fourth-order valence-corrected chi connectivity index (χ4v) is 1.04. The molecule has 0 aliphatic rings. The van der Waals surface area contributed by atoms with Gasteiger partial charge in [-0.05, 0) is 0 Å². The molecule has 0 bridgehead atoms. The Morgan fingerprint density at radius 3 is 1.06 bits per heavy atom. The quantitative estimate of drug-likeness (QED) is 0.390. The molecule has 1 heteroatoms. The number of hydrogen-bond donors (Lipinski definition) is 0. The molecule has 2 rings (SSSR count).